The van der Waals surface area contributed by atoms with Crippen LogP contribution in [0.1, 0.15) is 12.8 Å². The summed E-state index contributed by atoms with van der Waals surface area (Å²) in [4.78, 5) is 0. The van der Waals surface area contributed by atoms with E-state index in [1.807, 2.05) is 0 Å². The Bertz CT molecular complexity index is 395. The van der Waals surface area contributed by atoms with Crippen molar-refractivity contribution in [3.63, 3.8) is 0 Å². The number of anilines is 1. The van der Waals surface area contributed by atoms with E-state index in [0.29, 0.717) is 12.2 Å². The van der Waals surface area contributed by atoms with Crippen LogP contribution >= 0.6 is 0 Å². The molecular formula is C12H14F3NO2. The second-order valence-corrected chi connectivity index (χ2v) is 4.04. The Morgan fingerprint density at radius 2 is 2.28 bits per heavy atom. The Hall–Kier alpha value is -1.43. The van der Waals surface area contributed by atoms with Gasteiger partial charge in [0, 0.05) is 24.9 Å². The van der Waals surface area contributed by atoms with Crippen LogP contribution in [0.5, 0.6) is 5.75 Å². The normalized spacial score (nSPS) is 19.2. The predicted octanol–water partition coefficient (Wildman–Crippen LogP) is 3.02. The van der Waals surface area contributed by atoms with Gasteiger partial charge in [-0.1, -0.05) is 0 Å². The highest BCUT2D eigenvalue weighted by Crippen LogP contribution is 2.23. The molecule has 1 aromatic carbocycles. The molecule has 1 fully saturated rings. The van der Waals surface area contributed by atoms with Gasteiger partial charge in [0.25, 0.3) is 0 Å². The highest BCUT2D eigenvalue weighted by molar-refractivity contribution is 5.47. The van der Waals surface area contributed by atoms with Crippen molar-refractivity contribution in [2.45, 2.75) is 25.6 Å². The minimum absolute atomic E-state index is 0.130. The molecule has 3 nitrogen and oxygen atoms in total. The van der Waals surface area contributed by atoms with Crippen molar-refractivity contribution in [1.82, 2.24) is 0 Å². The summed E-state index contributed by atoms with van der Waals surface area (Å²) < 4.78 is 46.7. The molecule has 1 saturated heterocycles. The van der Waals surface area contributed by atoms with Crippen LogP contribution in [0.4, 0.5) is 18.9 Å². The number of hydrogen-bond acceptors (Lipinski definition) is 3. The Labute approximate surface area is 103 Å². The molecule has 1 heterocycles. The van der Waals surface area contributed by atoms with Gasteiger partial charge in [0.2, 0.25) is 0 Å². The van der Waals surface area contributed by atoms with Crippen LogP contribution in [-0.4, -0.2) is 25.9 Å². The van der Waals surface area contributed by atoms with Crippen LogP contribution in [0.2, 0.25) is 0 Å². The molecule has 0 bridgehead atoms. The van der Waals surface area contributed by atoms with E-state index in [1.54, 1.807) is 0 Å². The van der Waals surface area contributed by atoms with Gasteiger partial charge in [-0.2, -0.15) is 8.78 Å². The number of nitrogens with one attached hydrogen (secondary N) is 1. The number of alkyl halides is 2. The number of benzene rings is 1. The first-order valence-electron chi connectivity index (χ1n) is 5.75. The first-order chi connectivity index (χ1) is 8.65. The van der Waals surface area contributed by atoms with Gasteiger partial charge in [-0.05, 0) is 25.0 Å². The zero-order valence-corrected chi connectivity index (χ0v) is 9.67. The standard InChI is InChI=1S/C12H14F3NO2/c13-10-6-8(3-4-11(10)18-12(14)15)16-7-9-2-1-5-17-9/h3-4,6,9,12,16H,1-2,5,7H2. The lowest BCUT2D eigenvalue weighted by Gasteiger charge is -2.13. The fourth-order valence-corrected chi connectivity index (χ4v) is 1.84. The molecule has 6 heteroatoms. The maximum Gasteiger partial charge on any atom is 0.387 e. The van der Waals surface area contributed by atoms with Crippen LogP contribution in [-0.2, 0) is 4.74 Å². The molecule has 1 N–H and O–H groups in total. The Kier molecular flexibility index (Phi) is 4.30. The number of ether oxygens (including phenoxy) is 2. The van der Waals surface area contributed by atoms with Gasteiger partial charge in [0.15, 0.2) is 11.6 Å². The summed E-state index contributed by atoms with van der Waals surface area (Å²) in [5, 5.41) is 3.00. The molecule has 1 aromatic rings. The topological polar surface area (TPSA) is 30.5 Å². The molecular weight excluding hydrogens is 247 g/mol. The molecule has 0 radical (unpaired) electrons. The molecule has 2 rings (SSSR count). The average molecular weight is 261 g/mol. The van der Waals surface area contributed by atoms with Gasteiger partial charge in [-0.25, -0.2) is 4.39 Å². The van der Waals surface area contributed by atoms with E-state index < -0.39 is 18.2 Å². The third-order valence-electron chi connectivity index (χ3n) is 2.71. The van der Waals surface area contributed by atoms with Crippen LogP contribution in [0.3, 0.4) is 0 Å². The van der Waals surface area contributed by atoms with Crippen molar-refractivity contribution in [2.75, 3.05) is 18.5 Å². The van der Waals surface area contributed by atoms with E-state index in [1.165, 1.54) is 12.1 Å². The lowest BCUT2D eigenvalue weighted by molar-refractivity contribution is -0.0521. The van der Waals surface area contributed by atoms with Crippen LogP contribution in [0.15, 0.2) is 18.2 Å². The molecule has 100 valence electrons. The van der Waals surface area contributed by atoms with Crippen molar-refractivity contribution >= 4 is 5.69 Å². The quantitative estimate of drug-likeness (QED) is 0.883. The predicted molar refractivity (Wildman–Crippen MR) is 60.5 cm³/mol. The maximum absolute atomic E-state index is 13.4. The molecule has 1 aliphatic rings. The molecule has 18 heavy (non-hydrogen) atoms. The van der Waals surface area contributed by atoms with E-state index in [2.05, 4.69) is 10.1 Å². The summed E-state index contributed by atoms with van der Waals surface area (Å²) in [6, 6.07) is 3.81. The van der Waals surface area contributed by atoms with Crippen LogP contribution in [0, 0.1) is 5.82 Å². The molecule has 1 atom stereocenters. The molecule has 1 aliphatic heterocycles. The van der Waals surface area contributed by atoms with Gasteiger partial charge >= 0.3 is 6.61 Å². The van der Waals surface area contributed by atoms with Gasteiger partial charge in [-0.3, -0.25) is 0 Å². The van der Waals surface area contributed by atoms with Gasteiger partial charge in [-0.15, -0.1) is 0 Å². The van der Waals surface area contributed by atoms with Crippen molar-refractivity contribution in [1.29, 1.82) is 0 Å². The van der Waals surface area contributed by atoms with Gasteiger partial charge in [0.1, 0.15) is 0 Å². The van der Waals surface area contributed by atoms with Crippen molar-refractivity contribution in [3.8, 4) is 5.75 Å². The molecule has 1 unspecified atom stereocenters. The molecule has 0 aliphatic carbocycles. The lowest BCUT2D eigenvalue weighted by atomic mass is 10.2. The first kappa shape index (κ1) is 13.0. The van der Waals surface area contributed by atoms with Gasteiger partial charge in [0.05, 0.1) is 6.10 Å². The highest BCUT2D eigenvalue weighted by atomic mass is 19.3. The Morgan fingerprint density at radius 3 is 2.89 bits per heavy atom. The lowest BCUT2D eigenvalue weighted by Crippen LogP contribution is -2.18. The summed E-state index contributed by atoms with van der Waals surface area (Å²) >= 11 is 0. The summed E-state index contributed by atoms with van der Waals surface area (Å²) in [7, 11) is 0. The van der Waals surface area contributed by atoms with E-state index in [-0.39, 0.29) is 6.10 Å². The van der Waals surface area contributed by atoms with Gasteiger partial charge < -0.3 is 14.8 Å². The van der Waals surface area contributed by atoms with E-state index in [9.17, 15) is 13.2 Å². The number of hydrogen-bond donors (Lipinski definition) is 1. The number of rotatable bonds is 5. The maximum atomic E-state index is 13.4. The van der Waals surface area contributed by atoms with E-state index in [4.69, 9.17) is 4.74 Å². The fraction of sp³-hybridized carbons (Fsp3) is 0.500. The Morgan fingerprint density at radius 1 is 1.44 bits per heavy atom. The SMILES string of the molecule is Fc1cc(NCC2CCCO2)ccc1OC(F)F. The molecule has 0 amide bonds. The Balaban J connectivity index is 1.91. The largest absolute Gasteiger partial charge is 0.432 e. The molecule has 0 spiro atoms. The summed E-state index contributed by atoms with van der Waals surface area (Å²) in [6.07, 6.45) is 2.13. The first-order valence-corrected chi connectivity index (χ1v) is 5.75. The third kappa shape index (κ3) is 3.53. The second-order valence-electron chi connectivity index (χ2n) is 4.04. The zero-order valence-electron chi connectivity index (χ0n) is 9.67. The van der Waals surface area contributed by atoms with Crippen LogP contribution < -0.4 is 10.1 Å². The second kappa shape index (κ2) is 5.95. The minimum Gasteiger partial charge on any atom is -0.432 e. The zero-order chi connectivity index (χ0) is 13.0. The summed E-state index contributed by atoms with van der Waals surface area (Å²) in [5.41, 5.74) is 0.518. The average Bonchev–Trinajstić information content (AvgIpc) is 2.82. The van der Waals surface area contributed by atoms with Crippen molar-refractivity contribution < 1.29 is 22.6 Å². The molecule has 0 saturated carbocycles. The van der Waals surface area contributed by atoms with E-state index in [0.717, 1.165) is 25.5 Å². The monoisotopic (exact) mass is 261 g/mol. The van der Waals surface area contributed by atoms with Crippen molar-refractivity contribution in [2.24, 2.45) is 0 Å². The molecule has 0 aromatic heterocycles. The summed E-state index contributed by atoms with van der Waals surface area (Å²) in [5.74, 6) is -1.26. The highest BCUT2D eigenvalue weighted by Gasteiger charge is 2.15. The minimum atomic E-state index is -3.02. The summed E-state index contributed by atoms with van der Waals surface area (Å²) in [6.45, 7) is -1.69. The smallest absolute Gasteiger partial charge is 0.387 e. The third-order valence-corrected chi connectivity index (χ3v) is 2.71. The van der Waals surface area contributed by atoms with Crippen LogP contribution in [0.25, 0.3) is 0 Å². The fourth-order valence-electron chi connectivity index (χ4n) is 1.84. The van der Waals surface area contributed by atoms with E-state index >= 15 is 0 Å². The number of halogens is 3. The van der Waals surface area contributed by atoms with Crippen molar-refractivity contribution in [3.05, 3.63) is 24.0 Å².